The van der Waals surface area contributed by atoms with E-state index in [0.29, 0.717) is 12.2 Å². The fraction of sp³-hybridized carbons (Fsp3) is 0.625. The molecule has 19 heavy (non-hydrogen) atoms. The van der Waals surface area contributed by atoms with Gasteiger partial charge in [-0.3, -0.25) is 0 Å². The van der Waals surface area contributed by atoms with E-state index in [2.05, 4.69) is 43.0 Å². The van der Waals surface area contributed by atoms with Crippen LogP contribution in [0, 0.1) is 6.92 Å². The number of nitrogens with two attached hydrogens (primary N) is 1. The molecule has 1 aromatic carbocycles. The highest BCUT2D eigenvalue weighted by molar-refractivity contribution is 5.47. The molecule has 3 nitrogen and oxygen atoms in total. The van der Waals surface area contributed by atoms with Crippen molar-refractivity contribution in [2.24, 2.45) is 5.73 Å². The third-order valence-electron chi connectivity index (χ3n) is 3.78. The fourth-order valence-electron chi connectivity index (χ4n) is 2.63. The van der Waals surface area contributed by atoms with E-state index in [1.807, 2.05) is 0 Å². The zero-order valence-corrected chi connectivity index (χ0v) is 12.1. The van der Waals surface area contributed by atoms with Crippen molar-refractivity contribution >= 4 is 5.69 Å². The van der Waals surface area contributed by atoms with Gasteiger partial charge in [0.2, 0.25) is 0 Å². The van der Waals surface area contributed by atoms with Crippen molar-refractivity contribution in [1.82, 2.24) is 0 Å². The van der Waals surface area contributed by atoms with Crippen molar-refractivity contribution in [1.29, 1.82) is 0 Å². The first-order valence-corrected chi connectivity index (χ1v) is 7.36. The molecule has 2 rings (SSSR count). The normalized spacial score (nSPS) is 22.7. The predicted molar refractivity (Wildman–Crippen MR) is 80.6 cm³/mol. The Morgan fingerprint density at radius 1 is 1.26 bits per heavy atom. The molecule has 0 radical (unpaired) electrons. The summed E-state index contributed by atoms with van der Waals surface area (Å²) in [5.74, 6) is 0. The van der Waals surface area contributed by atoms with Crippen molar-refractivity contribution in [2.45, 2.75) is 45.3 Å². The summed E-state index contributed by atoms with van der Waals surface area (Å²) in [6, 6.07) is 8.74. The molecule has 2 unspecified atom stereocenters. The molecule has 1 fully saturated rings. The Balaban J connectivity index is 2.00. The minimum atomic E-state index is 0.370. The summed E-state index contributed by atoms with van der Waals surface area (Å²) in [6.45, 7) is 7.01. The third-order valence-corrected chi connectivity index (χ3v) is 3.78. The van der Waals surface area contributed by atoms with Gasteiger partial charge in [0.25, 0.3) is 0 Å². The Hall–Kier alpha value is -1.06. The van der Waals surface area contributed by atoms with E-state index < -0.39 is 0 Å². The van der Waals surface area contributed by atoms with E-state index in [0.717, 1.165) is 26.1 Å². The van der Waals surface area contributed by atoms with Gasteiger partial charge in [-0.15, -0.1) is 0 Å². The number of nitrogens with zero attached hydrogens (tertiary/aromatic N) is 1. The molecule has 1 saturated heterocycles. The monoisotopic (exact) mass is 262 g/mol. The van der Waals surface area contributed by atoms with Gasteiger partial charge in [-0.25, -0.2) is 0 Å². The minimum Gasteiger partial charge on any atom is -0.373 e. The Labute approximate surface area is 116 Å². The van der Waals surface area contributed by atoms with Gasteiger partial charge in [0.1, 0.15) is 0 Å². The van der Waals surface area contributed by atoms with E-state index >= 15 is 0 Å². The number of hydrogen-bond donors (Lipinski definition) is 1. The molecule has 2 atom stereocenters. The number of aryl methyl sites for hydroxylation is 1. The Morgan fingerprint density at radius 2 is 2.00 bits per heavy atom. The van der Waals surface area contributed by atoms with Crippen LogP contribution in [0.3, 0.4) is 0 Å². The molecule has 0 spiro atoms. The largest absolute Gasteiger partial charge is 0.373 e. The third kappa shape index (κ3) is 4.22. The molecule has 0 aliphatic carbocycles. The minimum absolute atomic E-state index is 0.370. The SMILES string of the molecule is Cc1ccc(N(CCCN)CC2CCC(C)O2)cc1. The van der Waals surface area contributed by atoms with Crippen LogP contribution in [0.5, 0.6) is 0 Å². The van der Waals surface area contributed by atoms with Gasteiger partial charge in [-0.05, 0) is 51.8 Å². The van der Waals surface area contributed by atoms with Gasteiger partial charge >= 0.3 is 0 Å². The Morgan fingerprint density at radius 3 is 2.58 bits per heavy atom. The van der Waals surface area contributed by atoms with Crippen molar-refractivity contribution < 1.29 is 4.74 Å². The highest BCUT2D eigenvalue weighted by atomic mass is 16.5. The first-order valence-electron chi connectivity index (χ1n) is 7.36. The van der Waals surface area contributed by atoms with Gasteiger partial charge < -0.3 is 15.4 Å². The first-order chi connectivity index (χ1) is 9.19. The van der Waals surface area contributed by atoms with E-state index in [9.17, 15) is 0 Å². The molecule has 1 aliphatic rings. The Kier molecular flexibility index (Phi) is 5.23. The summed E-state index contributed by atoms with van der Waals surface area (Å²) in [5.41, 5.74) is 8.23. The molecular weight excluding hydrogens is 236 g/mol. The van der Waals surface area contributed by atoms with Crippen LogP contribution < -0.4 is 10.6 Å². The maximum Gasteiger partial charge on any atom is 0.0754 e. The molecule has 106 valence electrons. The van der Waals surface area contributed by atoms with Gasteiger partial charge in [-0.2, -0.15) is 0 Å². The molecule has 0 bridgehead atoms. The molecule has 2 N–H and O–H groups in total. The van der Waals surface area contributed by atoms with Gasteiger partial charge in [-0.1, -0.05) is 17.7 Å². The molecule has 0 amide bonds. The second-order valence-corrected chi connectivity index (χ2v) is 5.57. The van der Waals surface area contributed by atoms with Crippen molar-refractivity contribution in [3.8, 4) is 0 Å². The second kappa shape index (κ2) is 6.92. The lowest BCUT2D eigenvalue weighted by atomic mass is 10.1. The van der Waals surface area contributed by atoms with E-state index in [1.54, 1.807) is 0 Å². The summed E-state index contributed by atoms with van der Waals surface area (Å²) >= 11 is 0. The second-order valence-electron chi connectivity index (χ2n) is 5.57. The zero-order valence-electron chi connectivity index (χ0n) is 12.1. The Bertz CT molecular complexity index is 377. The molecule has 0 aromatic heterocycles. The summed E-state index contributed by atoms with van der Waals surface area (Å²) in [5, 5.41) is 0. The lowest BCUT2D eigenvalue weighted by Gasteiger charge is -2.27. The van der Waals surface area contributed by atoms with Crippen LogP contribution in [0.2, 0.25) is 0 Å². The van der Waals surface area contributed by atoms with Crippen LogP contribution in [0.4, 0.5) is 5.69 Å². The van der Waals surface area contributed by atoms with Crippen LogP contribution in [0.15, 0.2) is 24.3 Å². The number of hydrogen-bond acceptors (Lipinski definition) is 3. The topological polar surface area (TPSA) is 38.5 Å². The maximum atomic E-state index is 5.94. The highest BCUT2D eigenvalue weighted by Crippen LogP contribution is 2.23. The highest BCUT2D eigenvalue weighted by Gasteiger charge is 2.23. The van der Waals surface area contributed by atoms with Crippen molar-refractivity contribution in [3.05, 3.63) is 29.8 Å². The molecule has 0 saturated carbocycles. The number of ether oxygens (including phenoxy) is 1. The molecule has 1 aromatic rings. The van der Waals surface area contributed by atoms with Crippen molar-refractivity contribution in [3.63, 3.8) is 0 Å². The maximum absolute atomic E-state index is 5.94. The molecule has 3 heteroatoms. The van der Waals surface area contributed by atoms with Crippen LogP contribution in [-0.2, 0) is 4.74 Å². The van der Waals surface area contributed by atoms with Crippen LogP contribution >= 0.6 is 0 Å². The van der Waals surface area contributed by atoms with Crippen LogP contribution in [-0.4, -0.2) is 31.8 Å². The molecule has 1 heterocycles. The standard InChI is InChI=1S/C16H26N2O/c1-13-4-7-15(8-5-13)18(11-3-10-17)12-16-9-6-14(2)19-16/h4-5,7-8,14,16H,3,6,9-12,17H2,1-2H3. The number of anilines is 1. The van der Waals surface area contributed by atoms with Gasteiger partial charge in [0, 0.05) is 18.8 Å². The van der Waals surface area contributed by atoms with Gasteiger partial charge in [0.05, 0.1) is 12.2 Å². The van der Waals surface area contributed by atoms with E-state index in [1.165, 1.54) is 24.1 Å². The molecule has 1 aliphatic heterocycles. The fourth-order valence-corrected chi connectivity index (χ4v) is 2.63. The van der Waals surface area contributed by atoms with Gasteiger partial charge in [0.15, 0.2) is 0 Å². The zero-order chi connectivity index (χ0) is 13.7. The quantitative estimate of drug-likeness (QED) is 0.856. The summed E-state index contributed by atoms with van der Waals surface area (Å²) in [4.78, 5) is 2.41. The van der Waals surface area contributed by atoms with Crippen LogP contribution in [0.1, 0.15) is 31.7 Å². The number of rotatable bonds is 6. The van der Waals surface area contributed by atoms with E-state index in [4.69, 9.17) is 10.5 Å². The van der Waals surface area contributed by atoms with Crippen molar-refractivity contribution in [2.75, 3.05) is 24.5 Å². The lowest BCUT2D eigenvalue weighted by molar-refractivity contribution is 0.0600. The molecular formula is C16H26N2O. The average Bonchev–Trinajstić information content (AvgIpc) is 2.81. The summed E-state index contributed by atoms with van der Waals surface area (Å²) in [6.07, 6.45) is 4.17. The lowest BCUT2D eigenvalue weighted by Crippen LogP contribution is -2.34. The first kappa shape index (κ1) is 14.4. The predicted octanol–water partition coefficient (Wildman–Crippen LogP) is 2.72. The van der Waals surface area contributed by atoms with E-state index in [-0.39, 0.29) is 0 Å². The average molecular weight is 262 g/mol. The summed E-state index contributed by atoms with van der Waals surface area (Å²) in [7, 11) is 0. The smallest absolute Gasteiger partial charge is 0.0754 e. The number of benzene rings is 1. The summed E-state index contributed by atoms with van der Waals surface area (Å²) < 4.78 is 5.94. The van der Waals surface area contributed by atoms with Crippen LogP contribution in [0.25, 0.3) is 0 Å².